The lowest BCUT2D eigenvalue weighted by atomic mass is 9.83. The SMILES string of the molecule is CC1CCC(CNc2ccc([N+](=O)[O-])cc2S(C)(=O)=O)CC1. The van der Waals surface area contributed by atoms with Crippen LogP contribution in [0.25, 0.3) is 0 Å². The second-order valence-electron chi connectivity index (χ2n) is 6.22. The number of non-ortho nitro benzene ring substituents is 1. The zero-order valence-corrected chi connectivity index (χ0v) is 13.7. The minimum absolute atomic E-state index is 0.00845. The molecule has 1 aromatic carbocycles. The van der Waals surface area contributed by atoms with E-state index in [1.54, 1.807) is 0 Å². The molecule has 0 amide bonds. The Hall–Kier alpha value is -1.63. The predicted molar refractivity (Wildman–Crippen MR) is 85.8 cm³/mol. The number of benzene rings is 1. The van der Waals surface area contributed by atoms with E-state index >= 15 is 0 Å². The normalized spacial score (nSPS) is 22.3. The van der Waals surface area contributed by atoms with Crippen LogP contribution in [0.2, 0.25) is 0 Å². The third-order valence-corrected chi connectivity index (χ3v) is 5.43. The van der Waals surface area contributed by atoms with Crippen LogP contribution in [0, 0.1) is 22.0 Å². The van der Waals surface area contributed by atoms with E-state index in [2.05, 4.69) is 12.2 Å². The van der Waals surface area contributed by atoms with E-state index in [0.717, 1.165) is 31.1 Å². The Morgan fingerprint density at radius 2 is 1.91 bits per heavy atom. The van der Waals surface area contributed by atoms with Gasteiger partial charge in [-0.25, -0.2) is 8.42 Å². The monoisotopic (exact) mass is 326 g/mol. The van der Waals surface area contributed by atoms with E-state index in [-0.39, 0.29) is 10.6 Å². The summed E-state index contributed by atoms with van der Waals surface area (Å²) in [6.07, 6.45) is 5.74. The fourth-order valence-electron chi connectivity index (χ4n) is 2.86. The maximum absolute atomic E-state index is 11.9. The average molecular weight is 326 g/mol. The zero-order valence-electron chi connectivity index (χ0n) is 12.9. The predicted octanol–water partition coefficient (Wildman–Crippen LogP) is 3.24. The van der Waals surface area contributed by atoms with Crippen LogP contribution in [-0.4, -0.2) is 26.1 Å². The molecule has 0 aromatic heterocycles. The first-order valence-corrected chi connectivity index (χ1v) is 9.39. The molecular formula is C15H22N2O4S. The Morgan fingerprint density at radius 3 is 2.45 bits per heavy atom. The first-order valence-electron chi connectivity index (χ1n) is 7.49. The Kier molecular flexibility index (Phi) is 5.05. The van der Waals surface area contributed by atoms with Crippen molar-refractivity contribution in [1.82, 2.24) is 0 Å². The van der Waals surface area contributed by atoms with Gasteiger partial charge in [-0.2, -0.15) is 0 Å². The van der Waals surface area contributed by atoms with E-state index in [9.17, 15) is 18.5 Å². The Balaban J connectivity index is 2.14. The van der Waals surface area contributed by atoms with E-state index in [0.29, 0.717) is 18.2 Å². The fourth-order valence-corrected chi connectivity index (χ4v) is 3.74. The Bertz CT molecular complexity index is 650. The lowest BCUT2D eigenvalue weighted by molar-refractivity contribution is -0.385. The lowest BCUT2D eigenvalue weighted by Crippen LogP contribution is -2.21. The van der Waals surface area contributed by atoms with Gasteiger partial charge in [0.05, 0.1) is 15.5 Å². The summed E-state index contributed by atoms with van der Waals surface area (Å²) in [6.45, 7) is 2.95. The van der Waals surface area contributed by atoms with Crippen LogP contribution in [-0.2, 0) is 9.84 Å². The van der Waals surface area contributed by atoms with Crippen LogP contribution in [0.5, 0.6) is 0 Å². The van der Waals surface area contributed by atoms with Gasteiger partial charge in [0.2, 0.25) is 0 Å². The van der Waals surface area contributed by atoms with Gasteiger partial charge in [0.25, 0.3) is 5.69 Å². The molecule has 0 spiro atoms. The molecule has 1 aliphatic rings. The summed E-state index contributed by atoms with van der Waals surface area (Å²) in [5.41, 5.74) is 0.240. The van der Waals surface area contributed by atoms with Crippen LogP contribution >= 0.6 is 0 Å². The number of nitrogens with one attached hydrogen (secondary N) is 1. The Labute approximate surface area is 131 Å². The molecule has 0 saturated heterocycles. The van der Waals surface area contributed by atoms with Crippen molar-refractivity contribution in [3.8, 4) is 0 Å². The van der Waals surface area contributed by atoms with Gasteiger partial charge in [0.15, 0.2) is 9.84 Å². The number of sulfone groups is 1. The van der Waals surface area contributed by atoms with Crippen molar-refractivity contribution >= 4 is 21.2 Å². The van der Waals surface area contributed by atoms with Crippen molar-refractivity contribution in [3.05, 3.63) is 28.3 Å². The average Bonchev–Trinajstić information content (AvgIpc) is 2.45. The summed E-state index contributed by atoms with van der Waals surface area (Å²) in [7, 11) is -3.52. The minimum Gasteiger partial charge on any atom is -0.384 e. The van der Waals surface area contributed by atoms with Crippen LogP contribution < -0.4 is 5.32 Å². The maximum Gasteiger partial charge on any atom is 0.270 e. The van der Waals surface area contributed by atoms with Crippen LogP contribution in [0.4, 0.5) is 11.4 Å². The van der Waals surface area contributed by atoms with E-state index < -0.39 is 14.8 Å². The molecule has 0 heterocycles. The molecular weight excluding hydrogens is 304 g/mol. The summed E-state index contributed by atoms with van der Waals surface area (Å²) in [6, 6.07) is 3.94. The van der Waals surface area contributed by atoms with Gasteiger partial charge < -0.3 is 5.32 Å². The van der Waals surface area contributed by atoms with Crippen molar-refractivity contribution in [3.63, 3.8) is 0 Å². The summed E-state index contributed by atoms with van der Waals surface area (Å²) in [4.78, 5) is 10.2. The molecule has 1 saturated carbocycles. The molecule has 1 aromatic rings. The van der Waals surface area contributed by atoms with Crippen molar-refractivity contribution in [2.24, 2.45) is 11.8 Å². The molecule has 7 heteroatoms. The number of nitro benzene ring substituents is 1. The quantitative estimate of drug-likeness (QED) is 0.663. The van der Waals surface area contributed by atoms with Crippen molar-refractivity contribution in [1.29, 1.82) is 0 Å². The fraction of sp³-hybridized carbons (Fsp3) is 0.600. The number of rotatable bonds is 5. The van der Waals surface area contributed by atoms with E-state index in [1.807, 2.05) is 0 Å². The third kappa shape index (κ3) is 4.19. The third-order valence-electron chi connectivity index (χ3n) is 4.29. The van der Waals surface area contributed by atoms with Crippen LogP contribution in [0.1, 0.15) is 32.6 Å². The highest BCUT2D eigenvalue weighted by atomic mass is 32.2. The molecule has 0 radical (unpaired) electrons. The molecule has 6 nitrogen and oxygen atoms in total. The molecule has 1 aliphatic carbocycles. The molecule has 0 unspecified atom stereocenters. The highest BCUT2D eigenvalue weighted by molar-refractivity contribution is 7.90. The number of nitrogens with zero attached hydrogens (tertiary/aromatic N) is 1. The van der Waals surface area contributed by atoms with Crippen molar-refractivity contribution in [2.45, 2.75) is 37.5 Å². The largest absolute Gasteiger partial charge is 0.384 e. The topological polar surface area (TPSA) is 89.3 Å². The summed E-state index contributed by atoms with van der Waals surface area (Å²) < 4.78 is 23.7. The van der Waals surface area contributed by atoms with Gasteiger partial charge in [-0.05, 0) is 30.7 Å². The number of hydrogen-bond acceptors (Lipinski definition) is 5. The standard InChI is InChI=1S/C15H22N2O4S/c1-11-3-5-12(6-4-11)10-16-14-8-7-13(17(18)19)9-15(14)22(2,20)21/h7-9,11-12,16H,3-6,10H2,1-2H3. The lowest BCUT2D eigenvalue weighted by Gasteiger charge is -2.26. The maximum atomic E-state index is 11.9. The smallest absolute Gasteiger partial charge is 0.270 e. The Morgan fingerprint density at radius 1 is 1.27 bits per heavy atom. The number of anilines is 1. The molecule has 22 heavy (non-hydrogen) atoms. The molecule has 1 fully saturated rings. The van der Waals surface area contributed by atoms with Crippen LogP contribution in [0.15, 0.2) is 23.1 Å². The van der Waals surface area contributed by atoms with Gasteiger partial charge in [0.1, 0.15) is 0 Å². The molecule has 122 valence electrons. The van der Waals surface area contributed by atoms with Gasteiger partial charge in [-0.15, -0.1) is 0 Å². The number of hydrogen-bond donors (Lipinski definition) is 1. The van der Waals surface area contributed by atoms with Crippen LogP contribution in [0.3, 0.4) is 0 Å². The molecule has 1 N–H and O–H groups in total. The molecule has 0 bridgehead atoms. The summed E-state index contributed by atoms with van der Waals surface area (Å²) in [5, 5.41) is 14.0. The molecule has 0 aliphatic heterocycles. The van der Waals surface area contributed by atoms with Gasteiger partial charge in [-0.1, -0.05) is 19.8 Å². The van der Waals surface area contributed by atoms with Crippen molar-refractivity contribution < 1.29 is 13.3 Å². The minimum atomic E-state index is -3.52. The first kappa shape index (κ1) is 16.7. The van der Waals surface area contributed by atoms with Crippen molar-refractivity contribution in [2.75, 3.05) is 18.1 Å². The van der Waals surface area contributed by atoms with E-state index in [1.165, 1.54) is 25.0 Å². The second kappa shape index (κ2) is 6.64. The molecule has 0 atom stereocenters. The van der Waals surface area contributed by atoms with Gasteiger partial charge in [0, 0.05) is 24.9 Å². The number of nitro groups is 1. The molecule has 2 rings (SSSR count). The summed E-state index contributed by atoms with van der Waals surface area (Å²) in [5.74, 6) is 1.29. The highest BCUT2D eigenvalue weighted by Gasteiger charge is 2.21. The highest BCUT2D eigenvalue weighted by Crippen LogP contribution is 2.30. The zero-order chi connectivity index (χ0) is 16.3. The van der Waals surface area contributed by atoms with Gasteiger partial charge in [-0.3, -0.25) is 10.1 Å². The second-order valence-corrected chi connectivity index (χ2v) is 8.20. The summed E-state index contributed by atoms with van der Waals surface area (Å²) >= 11 is 0. The van der Waals surface area contributed by atoms with Gasteiger partial charge >= 0.3 is 0 Å². The van der Waals surface area contributed by atoms with E-state index in [4.69, 9.17) is 0 Å². The first-order chi connectivity index (χ1) is 10.3.